The number of amides is 1. The molecule has 0 bridgehead atoms. The van der Waals surface area contributed by atoms with E-state index in [1.165, 1.54) is 11.1 Å². The van der Waals surface area contributed by atoms with Crippen molar-refractivity contribution < 1.29 is 19.0 Å². The number of benzene rings is 2. The van der Waals surface area contributed by atoms with E-state index in [-0.39, 0.29) is 5.91 Å². The van der Waals surface area contributed by atoms with Crippen LogP contribution in [0.1, 0.15) is 11.1 Å². The molecule has 25 heavy (non-hydrogen) atoms. The van der Waals surface area contributed by atoms with Gasteiger partial charge in [-0.15, -0.1) is 0 Å². The third-order valence-corrected chi connectivity index (χ3v) is 4.55. The summed E-state index contributed by atoms with van der Waals surface area (Å²) in [6, 6.07) is 14.6. The molecule has 1 fully saturated rings. The van der Waals surface area contributed by atoms with E-state index in [9.17, 15) is 4.79 Å². The van der Waals surface area contributed by atoms with Gasteiger partial charge >= 0.3 is 0 Å². The van der Waals surface area contributed by atoms with Crippen LogP contribution in [-0.2, 0) is 27.2 Å². The molecule has 2 aromatic carbocycles. The predicted molar refractivity (Wildman–Crippen MR) is 93.5 cm³/mol. The molecule has 2 aromatic rings. The van der Waals surface area contributed by atoms with E-state index in [1.807, 2.05) is 18.2 Å². The van der Waals surface area contributed by atoms with Gasteiger partial charge in [0, 0.05) is 13.0 Å². The van der Waals surface area contributed by atoms with Crippen molar-refractivity contribution in [1.29, 1.82) is 0 Å². The average molecular weight is 339 g/mol. The Kier molecular flexibility index (Phi) is 4.68. The third kappa shape index (κ3) is 3.67. The highest BCUT2D eigenvalue weighted by atomic mass is 16.6. The molecule has 0 aromatic heterocycles. The van der Waals surface area contributed by atoms with Crippen molar-refractivity contribution in [3.63, 3.8) is 0 Å². The fraction of sp³-hybridized carbons (Fsp3) is 0.350. The van der Waals surface area contributed by atoms with Crippen molar-refractivity contribution in [2.75, 3.05) is 26.4 Å². The summed E-state index contributed by atoms with van der Waals surface area (Å²) in [5.41, 5.74) is 4.67. The number of hydrogen-bond acceptors (Lipinski definition) is 4. The number of nitrogens with one attached hydrogen (secondary N) is 1. The Morgan fingerprint density at radius 1 is 1.04 bits per heavy atom. The number of rotatable bonds is 4. The highest BCUT2D eigenvalue weighted by molar-refractivity contribution is 5.81. The Morgan fingerprint density at radius 3 is 2.68 bits per heavy atom. The second-order valence-electron chi connectivity index (χ2n) is 6.27. The van der Waals surface area contributed by atoms with Crippen LogP contribution in [0.25, 0.3) is 11.1 Å². The lowest BCUT2D eigenvalue weighted by Crippen LogP contribution is -2.42. The molecule has 1 amide bonds. The van der Waals surface area contributed by atoms with E-state index in [4.69, 9.17) is 14.2 Å². The summed E-state index contributed by atoms with van der Waals surface area (Å²) in [5, 5.41) is 2.90. The van der Waals surface area contributed by atoms with Crippen LogP contribution in [0.5, 0.6) is 5.75 Å². The molecule has 5 nitrogen and oxygen atoms in total. The van der Waals surface area contributed by atoms with Gasteiger partial charge in [0.1, 0.15) is 5.75 Å². The van der Waals surface area contributed by atoms with Gasteiger partial charge in [-0.05, 0) is 34.4 Å². The fourth-order valence-electron chi connectivity index (χ4n) is 3.12. The number of ether oxygens (including phenoxy) is 3. The molecular weight excluding hydrogens is 318 g/mol. The number of carbonyl (C=O) groups is 1. The summed E-state index contributed by atoms with van der Waals surface area (Å²) < 4.78 is 16.2. The summed E-state index contributed by atoms with van der Waals surface area (Å²) >= 11 is 0. The average Bonchev–Trinajstić information content (AvgIpc) is 3.15. The van der Waals surface area contributed by atoms with Crippen molar-refractivity contribution in [2.24, 2.45) is 0 Å². The van der Waals surface area contributed by atoms with Crippen LogP contribution >= 0.6 is 0 Å². The zero-order valence-corrected chi connectivity index (χ0v) is 14.0. The lowest BCUT2D eigenvalue weighted by atomic mass is 10.0. The van der Waals surface area contributed by atoms with Crippen molar-refractivity contribution >= 4 is 5.91 Å². The molecule has 0 aliphatic carbocycles. The molecule has 0 spiro atoms. The summed E-state index contributed by atoms with van der Waals surface area (Å²) in [6.45, 7) is 2.61. The molecule has 0 saturated carbocycles. The standard InChI is InChI=1S/C20H21NO4/c22-20(19-13-23-9-10-25-19)21-12-14-1-3-15(4-2-14)16-5-6-18-17(11-16)7-8-24-18/h1-6,11,19H,7-10,12-13H2,(H,21,22)/t19-/m1/s1. The minimum absolute atomic E-state index is 0.123. The molecule has 2 aliphatic rings. The normalized spacial score (nSPS) is 19.1. The molecule has 1 atom stereocenters. The largest absolute Gasteiger partial charge is 0.493 e. The van der Waals surface area contributed by atoms with Gasteiger partial charge in [-0.25, -0.2) is 0 Å². The predicted octanol–water partition coefficient (Wildman–Crippen LogP) is 2.32. The zero-order chi connectivity index (χ0) is 17.1. The maximum Gasteiger partial charge on any atom is 0.251 e. The first kappa shape index (κ1) is 16.1. The third-order valence-electron chi connectivity index (χ3n) is 4.55. The minimum Gasteiger partial charge on any atom is -0.493 e. The Balaban J connectivity index is 1.37. The molecular formula is C20H21NO4. The van der Waals surface area contributed by atoms with Gasteiger partial charge in [-0.2, -0.15) is 0 Å². The van der Waals surface area contributed by atoms with Gasteiger partial charge in [-0.3, -0.25) is 4.79 Å². The van der Waals surface area contributed by atoms with E-state index in [0.717, 1.165) is 29.9 Å². The Labute approximate surface area is 146 Å². The molecule has 2 aliphatic heterocycles. The summed E-state index contributed by atoms with van der Waals surface area (Å²) in [6.07, 6.45) is 0.474. The number of fused-ring (bicyclic) bond motifs is 1. The SMILES string of the molecule is O=C(NCc1ccc(-c2ccc3c(c2)CCO3)cc1)[C@H]1COCCO1. The van der Waals surface area contributed by atoms with Crippen molar-refractivity contribution in [3.8, 4) is 16.9 Å². The second kappa shape index (κ2) is 7.25. The molecule has 1 saturated heterocycles. The zero-order valence-electron chi connectivity index (χ0n) is 14.0. The van der Waals surface area contributed by atoms with E-state index >= 15 is 0 Å². The first-order chi connectivity index (χ1) is 12.3. The van der Waals surface area contributed by atoms with E-state index in [1.54, 1.807) is 0 Å². The van der Waals surface area contributed by atoms with E-state index in [2.05, 4.69) is 29.6 Å². The highest BCUT2D eigenvalue weighted by Crippen LogP contribution is 2.30. The lowest BCUT2D eigenvalue weighted by molar-refractivity contribution is -0.147. The van der Waals surface area contributed by atoms with Crippen LogP contribution in [0.15, 0.2) is 42.5 Å². The Morgan fingerprint density at radius 2 is 1.88 bits per heavy atom. The van der Waals surface area contributed by atoms with Crippen LogP contribution in [0.3, 0.4) is 0 Å². The van der Waals surface area contributed by atoms with E-state index in [0.29, 0.717) is 26.4 Å². The van der Waals surface area contributed by atoms with Crippen molar-refractivity contribution in [2.45, 2.75) is 19.1 Å². The Hall–Kier alpha value is -2.37. The van der Waals surface area contributed by atoms with Gasteiger partial charge < -0.3 is 19.5 Å². The van der Waals surface area contributed by atoms with Crippen LogP contribution in [0.4, 0.5) is 0 Å². The van der Waals surface area contributed by atoms with Gasteiger partial charge in [0.05, 0.1) is 26.4 Å². The molecule has 5 heteroatoms. The molecule has 2 heterocycles. The summed E-state index contributed by atoms with van der Waals surface area (Å²) in [7, 11) is 0. The van der Waals surface area contributed by atoms with Gasteiger partial charge in [0.2, 0.25) is 0 Å². The second-order valence-corrected chi connectivity index (χ2v) is 6.27. The summed E-state index contributed by atoms with van der Waals surface area (Å²) in [4.78, 5) is 12.0. The van der Waals surface area contributed by atoms with Crippen molar-refractivity contribution in [3.05, 3.63) is 53.6 Å². The first-order valence-electron chi connectivity index (χ1n) is 8.62. The summed E-state index contributed by atoms with van der Waals surface area (Å²) in [5.74, 6) is 0.874. The molecule has 1 N–H and O–H groups in total. The van der Waals surface area contributed by atoms with Crippen LogP contribution in [0.2, 0.25) is 0 Å². The molecule has 0 unspecified atom stereocenters. The lowest BCUT2D eigenvalue weighted by Gasteiger charge is -2.22. The fourth-order valence-corrected chi connectivity index (χ4v) is 3.12. The van der Waals surface area contributed by atoms with Crippen LogP contribution < -0.4 is 10.1 Å². The number of carbonyl (C=O) groups excluding carboxylic acids is 1. The van der Waals surface area contributed by atoms with Gasteiger partial charge in [0.15, 0.2) is 6.10 Å². The smallest absolute Gasteiger partial charge is 0.251 e. The van der Waals surface area contributed by atoms with Crippen molar-refractivity contribution in [1.82, 2.24) is 5.32 Å². The van der Waals surface area contributed by atoms with Gasteiger partial charge in [-0.1, -0.05) is 30.3 Å². The van der Waals surface area contributed by atoms with Crippen LogP contribution in [-0.4, -0.2) is 38.4 Å². The van der Waals surface area contributed by atoms with E-state index < -0.39 is 6.10 Å². The monoisotopic (exact) mass is 339 g/mol. The molecule has 0 radical (unpaired) electrons. The van der Waals surface area contributed by atoms with Gasteiger partial charge in [0.25, 0.3) is 5.91 Å². The maximum atomic E-state index is 12.0. The van der Waals surface area contributed by atoms with Crippen LogP contribution in [0, 0.1) is 0 Å². The Bertz CT molecular complexity index is 751. The topological polar surface area (TPSA) is 56.8 Å². The quantitative estimate of drug-likeness (QED) is 0.929. The maximum absolute atomic E-state index is 12.0. The molecule has 4 rings (SSSR count). The highest BCUT2D eigenvalue weighted by Gasteiger charge is 2.22. The number of hydrogen-bond donors (Lipinski definition) is 1. The minimum atomic E-state index is -0.498. The first-order valence-corrected chi connectivity index (χ1v) is 8.62. The molecule has 130 valence electrons.